The van der Waals surface area contributed by atoms with E-state index in [4.69, 9.17) is 16.3 Å². The topological polar surface area (TPSA) is 46.5 Å². The fraction of sp³-hybridized carbons (Fsp3) is 0.133. The maximum absolute atomic E-state index is 11.5. The monoisotopic (exact) mass is 276 g/mol. The van der Waals surface area contributed by atoms with Crippen molar-refractivity contribution in [3.05, 3.63) is 64.7 Å². The van der Waals surface area contributed by atoms with Crippen LogP contribution in [-0.4, -0.2) is 18.2 Å². The van der Waals surface area contributed by atoms with E-state index >= 15 is 0 Å². The lowest BCUT2D eigenvalue weighted by Crippen LogP contribution is -2.13. The van der Waals surface area contributed by atoms with Gasteiger partial charge in [-0.25, -0.2) is 0 Å². The van der Waals surface area contributed by atoms with Crippen molar-refractivity contribution < 1.29 is 14.6 Å². The number of benzene rings is 2. The predicted octanol–water partition coefficient (Wildman–Crippen LogP) is 3.57. The standard InChI is InChI=1S/C15H13ClO3/c1-19-13-7-3-5-11(9-13)14(15(17)18)10-4-2-6-12(16)8-10/h2-9,14H,1H3,(H,17,18). The summed E-state index contributed by atoms with van der Waals surface area (Å²) in [5, 5.41) is 9.97. The lowest BCUT2D eigenvalue weighted by Gasteiger charge is -2.14. The highest BCUT2D eigenvalue weighted by atomic mass is 35.5. The van der Waals surface area contributed by atoms with Crippen LogP contribution < -0.4 is 4.74 Å². The van der Waals surface area contributed by atoms with Crippen molar-refractivity contribution in [2.45, 2.75) is 5.92 Å². The second-order valence-corrected chi connectivity index (χ2v) is 4.54. The molecule has 0 saturated carbocycles. The molecule has 2 aromatic carbocycles. The average molecular weight is 277 g/mol. The summed E-state index contributed by atoms with van der Waals surface area (Å²) in [4.78, 5) is 11.5. The van der Waals surface area contributed by atoms with Gasteiger partial charge in [0.25, 0.3) is 0 Å². The third kappa shape index (κ3) is 3.06. The molecular weight excluding hydrogens is 264 g/mol. The molecule has 1 unspecified atom stereocenters. The van der Waals surface area contributed by atoms with Crippen molar-refractivity contribution in [3.8, 4) is 5.75 Å². The Bertz CT molecular complexity index is 595. The molecule has 1 N–H and O–H groups in total. The molecule has 0 fully saturated rings. The Morgan fingerprint density at radius 3 is 2.37 bits per heavy atom. The lowest BCUT2D eigenvalue weighted by molar-refractivity contribution is -0.137. The van der Waals surface area contributed by atoms with Crippen LogP contribution in [0.15, 0.2) is 48.5 Å². The Morgan fingerprint density at radius 1 is 1.16 bits per heavy atom. The first-order chi connectivity index (χ1) is 9.11. The second kappa shape index (κ2) is 5.76. The molecule has 4 heteroatoms. The van der Waals surface area contributed by atoms with Gasteiger partial charge in [0, 0.05) is 5.02 Å². The molecule has 98 valence electrons. The van der Waals surface area contributed by atoms with Gasteiger partial charge >= 0.3 is 5.97 Å². The van der Waals surface area contributed by atoms with Crippen LogP contribution >= 0.6 is 11.6 Å². The van der Waals surface area contributed by atoms with Gasteiger partial charge in [-0.15, -0.1) is 0 Å². The summed E-state index contributed by atoms with van der Waals surface area (Å²) in [5.41, 5.74) is 1.31. The summed E-state index contributed by atoms with van der Waals surface area (Å²) in [7, 11) is 1.55. The number of halogens is 1. The first-order valence-corrected chi connectivity index (χ1v) is 6.12. The van der Waals surface area contributed by atoms with Crippen LogP contribution in [0.2, 0.25) is 5.02 Å². The van der Waals surface area contributed by atoms with Crippen LogP contribution in [0.4, 0.5) is 0 Å². The van der Waals surface area contributed by atoms with Crippen molar-refractivity contribution in [2.24, 2.45) is 0 Å². The Morgan fingerprint density at radius 2 is 1.79 bits per heavy atom. The number of aliphatic carboxylic acids is 1. The Kier molecular flexibility index (Phi) is 4.07. The normalized spacial score (nSPS) is 11.9. The number of hydrogen-bond donors (Lipinski definition) is 1. The Labute approximate surface area is 116 Å². The quantitative estimate of drug-likeness (QED) is 0.929. The maximum atomic E-state index is 11.5. The van der Waals surface area contributed by atoms with Crippen molar-refractivity contribution in [1.82, 2.24) is 0 Å². The number of carbonyl (C=O) groups is 1. The summed E-state index contributed by atoms with van der Waals surface area (Å²) in [6.45, 7) is 0. The van der Waals surface area contributed by atoms with Crippen LogP contribution in [0.1, 0.15) is 17.0 Å². The first-order valence-electron chi connectivity index (χ1n) is 5.74. The zero-order valence-electron chi connectivity index (χ0n) is 10.3. The third-order valence-electron chi connectivity index (χ3n) is 2.86. The minimum atomic E-state index is -0.921. The van der Waals surface area contributed by atoms with Gasteiger partial charge < -0.3 is 9.84 Å². The Balaban J connectivity index is 2.48. The molecule has 0 heterocycles. The highest BCUT2D eigenvalue weighted by molar-refractivity contribution is 6.30. The van der Waals surface area contributed by atoms with Crippen LogP contribution in [0.5, 0.6) is 5.75 Å². The van der Waals surface area contributed by atoms with Gasteiger partial charge in [0.05, 0.1) is 7.11 Å². The highest BCUT2D eigenvalue weighted by Gasteiger charge is 2.22. The number of carboxylic acids is 1. The number of ether oxygens (including phenoxy) is 1. The van der Waals surface area contributed by atoms with E-state index in [9.17, 15) is 9.90 Å². The summed E-state index contributed by atoms with van der Waals surface area (Å²) in [6, 6.07) is 13.9. The molecule has 0 spiro atoms. The molecule has 0 bridgehead atoms. The number of methoxy groups -OCH3 is 1. The van der Waals surface area contributed by atoms with Gasteiger partial charge in [-0.1, -0.05) is 35.9 Å². The zero-order valence-corrected chi connectivity index (χ0v) is 11.1. The molecule has 2 aromatic rings. The molecule has 0 amide bonds. The van der Waals surface area contributed by atoms with Gasteiger partial charge in [-0.2, -0.15) is 0 Å². The predicted molar refractivity (Wildman–Crippen MR) is 73.9 cm³/mol. The van der Waals surface area contributed by atoms with E-state index < -0.39 is 11.9 Å². The van der Waals surface area contributed by atoms with Gasteiger partial charge in [0.15, 0.2) is 0 Å². The maximum Gasteiger partial charge on any atom is 0.315 e. The van der Waals surface area contributed by atoms with Crippen LogP contribution in [0.3, 0.4) is 0 Å². The third-order valence-corrected chi connectivity index (χ3v) is 3.09. The van der Waals surface area contributed by atoms with E-state index in [1.165, 1.54) is 0 Å². The van der Waals surface area contributed by atoms with E-state index in [2.05, 4.69) is 0 Å². The Hall–Kier alpha value is -2.00. The van der Waals surface area contributed by atoms with Crippen LogP contribution in [-0.2, 0) is 4.79 Å². The molecule has 0 aliphatic carbocycles. The second-order valence-electron chi connectivity index (χ2n) is 4.10. The van der Waals surface area contributed by atoms with Crippen molar-refractivity contribution in [3.63, 3.8) is 0 Å². The molecule has 0 aromatic heterocycles. The van der Waals surface area contributed by atoms with Gasteiger partial charge in [0.2, 0.25) is 0 Å². The van der Waals surface area contributed by atoms with E-state index in [0.29, 0.717) is 21.9 Å². The first kappa shape index (κ1) is 13.4. The largest absolute Gasteiger partial charge is 0.497 e. The molecule has 0 aliphatic heterocycles. The van der Waals surface area contributed by atoms with E-state index in [-0.39, 0.29) is 0 Å². The molecule has 0 saturated heterocycles. The molecule has 1 atom stereocenters. The molecule has 2 rings (SSSR count). The van der Waals surface area contributed by atoms with Gasteiger partial charge in [-0.05, 0) is 35.4 Å². The fourth-order valence-electron chi connectivity index (χ4n) is 1.98. The smallest absolute Gasteiger partial charge is 0.315 e. The average Bonchev–Trinajstić information content (AvgIpc) is 2.39. The minimum Gasteiger partial charge on any atom is -0.497 e. The van der Waals surface area contributed by atoms with Crippen molar-refractivity contribution in [2.75, 3.05) is 7.11 Å². The van der Waals surface area contributed by atoms with Crippen molar-refractivity contribution in [1.29, 1.82) is 0 Å². The van der Waals surface area contributed by atoms with E-state index in [1.807, 2.05) is 0 Å². The summed E-state index contributed by atoms with van der Waals surface area (Å²) < 4.78 is 5.13. The summed E-state index contributed by atoms with van der Waals surface area (Å²) >= 11 is 5.92. The lowest BCUT2D eigenvalue weighted by atomic mass is 9.91. The minimum absolute atomic E-state index is 0.520. The van der Waals surface area contributed by atoms with Crippen LogP contribution in [0, 0.1) is 0 Å². The van der Waals surface area contributed by atoms with E-state index in [0.717, 1.165) is 0 Å². The molecule has 0 aliphatic rings. The summed E-state index contributed by atoms with van der Waals surface area (Å²) in [6.07, 6.45) is 0. The number of carboxylic acid groups (broad SMARTS) is 1. The van der Waals surface area contributed by atoms with Gasteiger partial charge in [0.1, 0.15) is 11.7 Å². The van der Waals surface area contributed by atoms with Gasteiger partial charge in [-0.3, -0.25) is 4.79 Å². The SMILES string of the molecule is COc1cccc(C(C(=O)O)c2cccc(Cl)c2)c1. The highest BCUT2D eigenvalue weighted by Crippen LogP contribution is 2.29. The number of rotatable bonds is 4. The molecule has 0 radical (unpaired) electrons. The molecule has 19 heavy (non-hydrogen) atoms. The zero-order chi connectivity index (χ0) is 13.8. The summed E-state index contributed by atoms with van der Waals surface area (Å²) in [5.74, 6) is -1.05. The van der Waals surface area contributed by atoms with Crippen LogP contribution in [0.25, 0.3) is 0 Å². The molecule has 3 nitrogen and oxygen atoms in total. The molecular formula is C15H13ClO3. The fourth-order valence-corrected chi connectivity index (χ4v) is 2.18. The number of hydrogen-bond acceptors (Lipinski definition) is 2. The van der Waals surface area contributed by atoms with Crippen molar-refractivity contribution >= 4 is 17.6 Å². The van der Waals surface area contributed by atoms with E-state index in [1.54, 1.807) is 55.6 Å².